The molecule has 48 heavy (non-hydrogen) atoms. The van der Waals surface area contributed by atoms with Crippen molar-refractivity contribution in [3.63, 3.8) is 0 Å². The van der Waals surface area contributed by atoms with Gasteiger partial charge in [0.1, 0.15) is 4.47 Å². The fraction of sp³-hybridized carbons (Fsp3) is 0.514. The van der Waals surface area contributed by atoms with Crippen molar-refractivity contribution in [1.29, 1.82) is 0 Å². The average Bonchev–Trinajstić information content (AvgIpc) is 3.69. The summed E-state index contributed by atoms with van der Waals surface area (Å²) in [7, 11) is 3.86. The summed E-state index contributed by atoms with van der Waals surface area (Å²) in [5, 5.41) is 10.1. The first-order chi connectivity index (χ1) is 23.1. The Kier molecular flexibility index (Phi) is 9.45. The number of halogens is 1. The number of nitrogens with one attached hydrogen (secondary N) is 2. The zero-order valence-corrected chi connectivity index (χ0v) is 29.5. The number of hydrogen-bond acceptors (Lipinski definition) is 8. The van der Waals surface area contributed by atoms with Gasteiger partial charge < -0.3 is 15.1 Å². The summed E-state index contributed by atoms with van der Waals surface area (Å²) in [4.78, 5) is 43.7. The highest BCUT2D eigenvalue weighted by Gasteiger charge is 2.43. The van der Waals surface area contributed by atoms with Crippen LogP contribution in [-0.2, 0) is 23.2 Å². The molecule has 2 aromatic carbocycles. The number of aryl methyl sites for hydroxylation is 1. The Morgan fingerprint density at radius 1 is 0.958 bits per heavy atom. The Morgan fingerprint density at radius 3 is 2.48 bits per heavy atom. The first-order valence-electron chi connectivity index (χ1n) is 17.3. The molecule has 0 aliphatic carbocycles. The zero-order chi connectivity index (χ0) is 33.4. The Bertz CT molecular complexity index is 1710. The smallest absolute Gasteiger partial charge is 0.282 e. The third kappa shape index (κ3) is 7.09. The predicted molar refractivity (Wildman–Crippen MR) is 191 cm³/mol. The molecule has 2 N–H and O–H groups in total. The zero-order valence-electron chi connectivity index (χ0n) is 28.0. The molecule has 254 valence electrons. The summed E-state index contributed by atoms with van der Waals surface area (Å²) in [6.07, 6.45) is 6.24. The van der Waals surface area contributed by atoms with Gasteiger partial charge in [0.05, 0.1) is 17.8 Å². The first kappa shape index (κ1) is 33.0. The molecule has 4 saturated heterocycles. The number of imide groups is 1. The largest absolute Gasteiger partial charge is 0.382 e. The lowest BCUT2D eigenvalue weighted by Crippen LogP contribution is -2.39. The Balaban J connectivity index is 0.907. The highest BCUT2D eigenvalue weighted by molar-refractivity contribution is 9.10. The van der Waals surface area contributed by atoms with Crippen molar-refractivity contribution in [3.8, 4) is 0 Å². The Labute approximate surface area is 291 Å². The van der Waals surface area contributed by atoms with Gasteiger partial charge in [-0.25, -0.2) is 4.68 Å². The second-order valence-electron chi connectivity index (χ2n) is 14.7. The maximum Gasteiger partial charge on any atom is 0.282 e. The summed E-state index contributed by atoms with van der Waals surface area (Å²) in [5.41, 5.74) is 5.94. The summed E-state index contributed by atoms with van der Waals surface area (Å²) in [5.74, 6) is 0.370. The monoisotopic (exact) mass is 715 g/mol. The summed E-state index contributed by atoms with van der Waals surface area (Å²) >= 11 is 3.43. The van der Waals surface area contributed by atoms with Gasteiger partial charge in [-0.2, -0.15) is 5.10 Å². The SMILES string of the molecule is CN1CC(CNc2cnn(C)c(=O)c2Br)C[C@H](c2ccc(CN3CCC4(CCN(c5ccc(C6CCC(=O)NC6=O)cc5)C4)C3)cc2)C1. The van der Waals surface area contributed by atoms with Crippen LogP contribution in [0, 0.1) is 11.3 Å². The van der Waals surface area contributed by atoms with Crippen molar-refractivity contribution >= 4 is 39.1 Å². The minimum atomic E-state index is -0.234. The van der Waals surface area contributed by atoms with Crippen LogP contribution in [0.3, 0.4) is 0 Å². The van der Waals surface area contributed by atoms with Crippen LogP contribution < -0.4 is 21.1 Å². The fourth-order valence-electron chi connectivity index (χ4n) is 8.45. The van der Waals surface area contributed by atoms with E-state index in [0.717, 1.165) is 70.0 Å². The Hall–Kier alpha value is -3.54. The van der Waals surface area contributed by atoms with Crippen molar-refractivity contribution in [1.82, 2.24) is 24.9 Å². The molecular weight excluding hydrogens is 670 g/mol. The molecule has 2 amide bonds. The third-order valence-corrected chi connectivity index (χ3v) is 11.9. The fourth-order valence-corrected chi connectivity index (χ4v) is 8.95. The van der Waals surface area contributed by atoms with Gasteiger partial charge in [0.2, 0.25) is 11.8 Å². The molecule has 7 rings (SSSR count). The van der Waals surface area contributed by atoms with Crippen LogP contribution in [0.15, 0.2) is 64.0 Å². The number of aromatic nitrogens is 2. The number of piperidine rings is 2. The van der Waals surface area contributed by atoms with Gasteiger partial charge >= 0.3 is 0 Å². The summed E-state index contributed by atoms with van der Waals surface area (Å²) < 4.78 is 1.87. The number of likely N-dealkylation sites (tertiary alicyclic amines) is 2. The van der Waals surface area contributed by atoms with E-state index in [1.165, 1.54) is 34.3 Å². The van der Waals surface area contributed by atoms with E-state index in [1.54, 1.807) is 13.2 Å². The number of hydrogen-bond donors (Lipinski definition) is 2. The van der Waals surface area contributed by atoms with Gasteiger partial charge in [-0.15, -0.1) is 0 Å². The third-order valence-electron chi connectivity index (χ3n) is 11.1. The number of rotatable bonds is 8. The number of anilines is 2. The molecule has 10 nitrogen and oxygen atoms in total. The van der Waals surface area contributed by atoms with Gasteiger partial charge in [-0.1, -0.05) is 36.4 Å². The minimum Gasteiger partial charge on any atom is -0.382 e. The van der Waals surface area contributed by atoms with Crippen molar-refractivity contribution in [2.24, 2.45) is 18.4 Å². The lowest BCUT2D eigenvalue weighted by molar-refractivity contribution is -0.134. The molecule has 3 unspecified atom stereocenters. The molecule has 0 saturated carbocycles. The number of nitrogens with zero attached hydrogens (tertiary/aromatic N) is 5. The summed E-state index contributed by atoms with van der Waals surface area (Å²) in [6.45, 7) is 8.25. The molecule has 3 aromatic rings. The number of carbonyl (C=O) groups is 2. The normalized spacial score (nSPS) is 26.7. The number of carbonyl (C=O) groups excluding carboxylic acids is 2. The molecule has 0 bridgehead atoms. The quantitative estimate of drug-likeness (QED) is 0.333. The number of benzene rings is 2. The molecule has 1 aromatic heterocycles. The van der Waals surface area contributed by atoms with E-state index in [4.69, 9.17) is 0 Å². The predicted octanol–water partition coefficient (Wildman–Crippen LogP) is 4.31. The molecular formula is C37H46BrN7O3. The molecule has 0 radical (unpaired) electrons. The molecule has 11 heteroatoms. The molecule has 4 fully saturated rings. The van der Waals surface area contributed by atoms with E-state index in [2.05, 4.69) is 102 Å². The highest BCUT2D eigenvalue weighted by Crippen LogP contribution is 2.42. The van der Waals surface area contributed by atoms with E-state index in [9.17, 15) is 14.4 Å². The molecule has 4 aliphatic rings. The molecule has 4 aliphatic heterocycles. The van der Waals surface area contributed by atoms with Crippen molar-refractivity contribution in [3.05, 3.63) is 86.2 Å². The van der Waals surface area contributed by atoms with Crippen molar-refractivity contribution in [2.45, 2.75) is 50.5 Å². The van der Waals surface area contributed by atoms with Crippen LogP contribution in [-0.4, -0.2) is 84.3 Å². The maximum absolute atomic E-state index is 12.3. The van der Waals surface area contributed by atoms with Crippen molar-refractivity contribution in [2.75, 3.05) is 63.1 Å². The average molecular weight is 717 g/mol. The van der Waals surface area contributed by atoms with E-state index in [1.807, 2.05) is 0 Å². The van der Waals surface area contributed by atoms with E-state index < -0.39 is 0 Å². The maximum atomic E-state index is 12.3. The highest BCUT2D eigenvalue weighted by atomic mass is 79.9. The Morgan fingerprint density at radius 2 is 1.71 bits per heavy atom. The van der Waals surface area contributed by atoms with Crippen LogP contribution in [0.2, 0.25) is 0 Å². The van der Waals surface area contributed by atoms with Gasteiger partial charge in [-0.3, -0.25) is 24.6 Å². The number of amides is 2. The van der Waals surface area contributed by atoms with E-state index in [0.29, 0.717) is 34.6 Å². The van der Waals surface area contributed by atoms with Crippen LogP contribution in [0.25, 0.3) is 0 Å². The second kappa shape index (κ2) is 13.8. The van der Waals surface area contributed by atoms with Crippen molar-refractivity contribution < 1.29 is 9.59 Å². The minimum absolute atomic E-state index is 0.135. The van der Waals surface area contributed by atoms with Crippen LogP contribution >= 0.6 is 15.9 Å². The van der Waals surface area contributed by atoms with Gasteiger partial charge in [-0.05, 0) is 95.9 Å². The topological polar surface area (TPSA) is 103 Å². The molecule has 5 heterocycles. The van der Waals surface area contributed by atoms with Gasteiger partial charge in [0.15, 0.2) is 0 Å². The van der Waals surface area contributed by atoms with Crippen LogP contribution in [0.1, 0.15) is 60.6 Å². The van der Waals surface area contributed by atoms with E-state index in [-0.39, 0.29) is 23.3 Å². The standard InChI is InChI=1S/C37H46BrN7O3/c1-42-20-26(18-39-32-19-40-43(2)36(48)34(32)38)17-29(22-42)27-5-3-25(4-6-27)21-44-15-13-37(23-44)14-16-45(24-37)30-9-7-28(8-10-30)31-11-12-33(46)41-35(31)47/h3-10,19,26,29,31,39H,11-18,20-24H2,1-2H3,(H,41,46,47)/t26?,29-,31?,37?/m0/s1. The number of likely N-dealkylation sites (N-methyl/N-ethyl adjacent to an activating group) is 1. The molecule has 4 atom stereocenters. The second-order valence-corrected chi connectivity index (χ2v) is 15.5. The van der Waals surface area contributed by atoms with Gasteiger partial charge in [0.25, 0.3) is 5.56 Å². The lowest BCUT2D eigenvalue weighted by Gasteiger charge is -2.36. The summed E-state index contributed by atoms with van der Waals surface area (Å²) in [6, 6.07) is 17.8. The van der Waals surface area contributed by atoms with Crippen LogP contribution in [0.5, 0.6) is 0 Å². The van der Waals surface area contributed by atoms with Crippen LogP contribution in [0.4, 0.5) is 11.4 Å². The molecule has 1 spiro atoms. The first-order valence-corrected chi connectivity index (χ1v) is 18.1. The lowest BCUT2D eigenvalue weighted by atomic mass is 9.84. The van der Waals surface area contributed by atoms with Gasteiger partial charge in [0, 0.05) is 70.4 Å². The van der Waals surface area contributed by atoms with E-state index >= 15 is 0 Å².